The van der Waals surface area contributed by atoms with Crippen molar-refractivity contribution in [3.05, 3.63) is 133 Å². The summed E-state index contributed by atoms with van der Waals surface area (Å²) in [4.78, 5) is 24.8. The van der Waals surface area contributed by atoms with Gasteiger partial charge in [0.15, 0.2) is 0 Å². The van der Waals surface area contributed by atoms with Crippen LogP contribution in [0.15, 0.2) is 110 Å². The van der Waals surface area contributed by atoms with Crippen molar-refractivity contribution in [1.29, 1.82) is 0 Å². The molecule has 0 heterocycles. The lowest BCUT2D eigenvalue weighted by Crippen LogP contribution is -2.17. The van der Waals surface area contributed by atoms with Gasteiger partial charge >= 0.3 is 0 Å². The van der Waals surface area contributed by atoms with E-state index >= 15 is 0 Å². The molecule has 3 N–H and O–H groups in total. The molecule has 0 radical (unpaired) electrons. The van der Waals surface area contributed by atoms with Gasteiger partial charge < -0.3 is 5.11 Å². The van der Waals surface area contributed by atoms with Crippen molar-refractivity contribution in [2.75, 3.05) is 0 Å². The normalized spacial score (nSPS) is 11.1. The van der Waals surface area contributed by atoms with E-state index in [2.05, 4.69) is 52.9 Å². The standard InChI is InChI=1S/C29H22Br2N4O3/c30-25-10-4-8-21(15-25)28(37)34-32-17-23-13-20(12-19-6-2-1-3-7-19)14-24(27(23)36)18-33-35-29(38)22-9-5-11-26(31)16-22/h1-11,13-18,36H,12H2,(H,34,37)(H,35,38)/b32-17-,33-18+. The Morgan fingerprint density at radius 3 is 1.66 bits per heavy atom. The van der Waals surface area contributed by atoms with Gasteiger partial charge in [-0.05, 0) is 66.1 Å². The van der Waals surface area contributed by atoms with Gasteiger partial charge in [-0.15, -0.1) is 0 Å². The second kappa shape index (κ2) is 12.9. The predicted molar refractivity (Wildman–Crippen MR) is 156 cm³/mol. The van der Waals surface area contributed by atoms with E-state index in [0.29, 0.717) is 28.7 Å². The van der Waals surface area contributed by atoms with Crippen LogP contribution in [-0.4, -0.2) is 29.4 Å². The number of phenolic OH excluding ortho intramolecular Hbond substituents is 1. The number of nitrogens with zero attached hydrogens (tertiary/aromatic N) is 2. The molecule has 0 aliphatic carbocycles. The number of hydrogen-bond donors (Lipinski definition) is 3. The lowest BCUT2D eigenvalue weighted by Gasteiger charge is -2.09. The molecule has 0 spiro atoms. The van der Waals surface area contributed by atoms with Gasteiger partial charge in [0, 0.05) is 31.2 Å². The van der Waals surface area contributed by atoms with Crippen LogP contribution in [0.2, 0.25) is 0 Å². The zero-order chi connectivity index (χ0) is 26.9. The average molecular weight is 634 g/mol. The van der Waals surface area contributed by atoms with Gasteiger partial charge in [0.25, 0.3) is 11.8 Å². The zero-order valence-electron chi connectivity index (χ0n) is 19.9. The fraction of sp³-hybridized carbons (Fsp3) is 0.0345. The summed E-state index contributed by atoms with van der Waals surface area (Å²) < 4.78 is 1.55. The highest BCUT2D eigenvalue weighted by Gasteiger charge is 2.10. The van der Waals surface area contributed by atoms with Crippen molar-refractivity contribution in [2.45, 2.75) is 6.42 Å². The molecule has 4 aromatic carbocycles. The summed E-state index contributed by atoms with van der Waals surface area (Å²) in [5.74, 6) is -0.873. The minimum atomic E-state index is -0.389. The van der Waals surface area contributed by atoms with E-state index in [9.17, 15) is 14.7 Å². The number of hydrogen-bond acceptors (Lipinski definition) is 5. The summed E-state index contributed by atoms with van der Waals surface area (Å²) in [7, 11) is 0. The molecule has 38 heavy (non-hydrogen) atoms. The first-order valence-electron chi connectivity index (χ1n) is 11.5. The maximum Gasteiger partial charge on any atom is 0.271 e. The number of rotatable bonds is 8. The quantitative estimate of drug-likeness (QED) is 0.163. The molecule has 0 saturated carbocycles. The Balaban J connectivity index is 1.56. The highest BCUT2D eigenvalue weighted by atomic mass is 79.9. The maximum absolute atomic E-state index is 12.4. The second-order valence-corrected chi connectivity index (χ2v) is 10.0. The van der Waals surface area contributed by atoms with Crippen LogP contribution in [0.5, 0.6) is 5.75 Å². The molecule has 0 aliphatic rings. The number of aromatic hydroxyl groups is 1. The van der Waals surface area contributed by atoms with Crippen LogP contribution >= 0.6 is 31.9 Å². The Kier molecular flexibility index (Phi) is 9.18. The average Bonchev–Trinajstić information content (AvgIpc) is 2.91. The van der Waals surface area contributed by atoms with E-state index in [1.165, 1.54) is 12.4 Å². The molecule has 9 heteroatoms. The lowest BCUT2D eigenvalue weighted by atomic mass is 9.99. The van der Waals surface area contributed by atoms with Crippen LogP contribution in [-0.2, 0) is 6.42 Å². The predicted octanol–water partition coefficient (Wildman–Crippen LogP) is 6.04. The number of benzene rings is 4. The van der Waals surface area contributed by atoms with Gasteiger partial charge in [-0.1, -0.05) is 74.3 Å². The third kappa shape index (κ3) is 7.47. The van der Waals surface area contributed by atoms with Gasteiger partial charge in [-0.2, -0.15) is 10.2 Å². The minimum Gasteiger partial charge on any atom is -0.507 e. The number of carbonyl (C=O) groups is 2. The highest BCUT2D eigenvalue weighted by Crippen LogP contribution is 2.24. The lowest BCUT2D eigenvalue weighted by molar-refractivity contribution is 0.0947. The second-order valence-electron chi connectivity index (χ2n) is 8.20. The van der Waals surface area contributed by atoms with Gasteiger partial charge in [-0.25, -0.2) is 10.9 Å². The van der Waals surface area contributed by atoms with Crippen LogP contribution in [0.4, 0.5) is 0 Å². The first-order valence-corrected chi connectivity index (χ1v) is 13.1. The summed E-state index contributed by atoms with van der Waals surface area (Å²) in [6.45, 7) is 0. The molecule has 0 fully saturated rings. The van der Waals surface area contributed by atoms with Crippen molar-refractivity contribution in [1.82, 2.24) is 10.9 Å². The van der Waals surface area contributed by atoms with E-state index in [1.54, 1.807) is 48.5 Å². The van der Waals surface area contributed by atoms with E-state index in [1.807, 2.05) is 42.5 Å². The van der Waals surface area contributed by atoms with Crippen LogP contribution in [0.25, 0.3) is 0 Å². The maximum atomic E-state index is 12.4. The van der Waals surface area contributed by atoms with Crippen LogP contribution in [0, 0.1) is 0 Å². The van der Waals surface area contributed by atoms with Crippen molar-refractivity contribution in [3.8, 4) is 5.75 Å². The third-order valence-electron chi connectivity index (χ3n) is 5.39. The number of hydrazone groups is 2. The molecule has 4 rings (SSSR count). The zero-order valence-corrected chi connectivity index (χ0v) is 23.1. The summed E-state index contributed by atoms with van der Waals surface area (Å²) in [6.07, 6.45) is 3.34. The van der Waals surface area contributed by atoms with E-state index in [0.717, 1.165) is 20.1 Å². The monoisotopic (exact) mass is 632 g/mol. The summed E-state index contributed by atoms with van der Waals surface area (Å²) >= 11 is 6.68. The number of phenols is 1. The molecule has 0 atom stereocenters. The number of nitrogens with one attached hydrogen (secondary N) is 2. The molecule has 0 aliphatic heterocycles. The topological polar surface area (TPSA) is 103 Å². The van der Waals surface area contributed by atoms with Crippen molar-refractivity contribution in [2.24, 2.45) is 10.2 Å². The fourth-order valence-corrected chi connectivity index (χ4v) is 4.38. The first-order chi connectivity index (χ1) is 18.4. The van der Waals surface area contributed by atoms with Crippen LogP contribution < -0.4 is 10.9 Å². The molecule has 0 saturated heterocycles. The molecule has 0 aromatic heterocycles. The van der Waals surface area contributed by atoms with Gasteiger partial charge in [0.1, 0.15) is 5.75 Å². The Morgan fingerprint density at radius 2 is 1.18 bits per heavy atom. The fourth-order valence-electron chi connectivity index (χ4n) is 3.58. The van der Waals surface area contributed by atoms with Crippen LogP contribution in [0.3, 0.4) is 0 Å². The summed E-state index contributed by atoms with van der Waals surface area (Å²) in [5.41, 5.74) is 8.55. The largest absolute Gasteiger partial charge is 0.507 e. The number of halogens is 2. The van der Waals surface area contributed by atoms with Gasteiger partial charge in [0.2, 0.25) is 0 Å². The van der Waals surface area contributed by atoms with Crippen molar-refractivity contribution >= 4 is 56.1 Å². The first kappa shape index (κ1) is 27.0. The molecule has 0 bridgehead atoms. The van der Waals surface area contributed by atoms with Crippen molar-refractivity contribution < 1.29 is 14.7 Å². The van der Waals surface area contributed by atoms with Crippen LogP contribution in [0.1, 0.15) is 43.0 Å². The van der Waals surface area contributed by atoms with Gasteiger partial charge in [-0.3, -0.25) is 9.59 Å². The minimum absolute atomic E-state index is 0.0947. The van der Waals surface area contributed by atoms with Crippen molar-refractivity contribution in [3.63, 3.8) is 0 Å². The van der Waals surface area contributed by atoms with E-state index < -0.39 is 0 Å². The molecule has 4 aromatic rings. The SMILES string of the molecule is O=C(N/N=C\c1cc(Cc2ccccc2)cc(/C=N/NC(=O)c2cccc(Br)c2)c1O)c1cccc(Br)c1. The Morgan fingerprint density at radius 1 is 0.684 bits per heavy atom. The van der Waals surface area contributed by atoms with Gasteiger partial charge in [0.05, 0.1) is 12.4 Å². The number of amides is 2. The van der Waals surface area contributed by atoms with E-state index in [4.69, 9.17) is 0 Å². The third-order valence-corrected chi connectivity index (χ3v) is 6.38. The smallest absolute Gasteiger partial charge is 0.271 e. The Bertz CT molecular complexity index is 1430. The molecule has 190 valence electrons. The molecular formula is C29H22Br2N4O3. The molecular weight excluding hydrogens is 612 g/mol. The van der Waals surface area contributed by atoms with E-state index in [-0.39, 0.29) is 17.6 Å². The highest BCUT2D eigenvalue weighted by molar-refractivity contribution is 9.10. The molecule has 7 nitrogen and oxygen atoms in total. The Labute approximate surface area is 236 Å². The number of carbonyl (C=O) groups excluding carboxylic acids is 2. The summed E-state index contributed by atoms with van der Waals surface area (Å²) in [6, 6.07) is 27.3. The Hall–Kier alpha value is -4.08. The molecule has 2 amide bonds. The molecule has 0 unspecified atom stereocenters. The summed E-state index contributed by atoms with van der Waals surface area (Å²) in [5, 5.41) is 19.0.